The third-order valence-corrected chi connectivity index (χ3v) is 3.04. The lowest BCUT2D eigenvalue weighted by molar-refractivity contribution is 0.466. The first-order valence-corrected chi connectivity index (χ1v) is 5.99. The van der Waals surface area contributed by atoms with Crippen LogP contribution in [0.15, 0.2) is 0 Å². The Balaban J connectivity index is 1.83. The molecule has 1 fully saturated rings. The number of rotatable bonds is 6. The minimum atomic E-state index is 0.869. The smallest absolute Gasteiger partial charge is 0.00205 e. The van der Waals surface area contributed by atoms with Crippen molar-refractivity contribution in [2.45, 2.75) is 52.4 Å². The third-order valence-electron chi connectivity index (χ3n) is 3.04. The maximum absolute atomic E-state index is 3.58. The molecular formula is C12H25N. The molecule has 13 heavy (non-hydrogen) atoms. The van der Waals surface area contributed by atoms with Gasteiger partial charge in [-0.15, -0.1) is 0 Å². The van der Waals surface area contributed by atoms with E-state index in [2.05, 4.69) is 19.2 Å². The molecule has 0 amide bonds. The van der Waals surface area contributed by atoms with Crippen LogP contribution < -0.4 is 5.32 Å². The summed E-state index contributed by atoms with van der Waals surface area (Å²) in [7, 11) is 0. The second kappa shape index (κ2) is 6.42. The molecule has 0 radical (unpaired) electrons. The Kier molecular flexibility index (Phi) is 5.45. The summed E-state index contributed by atoms with van der Waals surface area (Å²) in [6.45, 7) is 7.11. The summed E-state index contributed by atoms with van der Waals surface area (Å²) in [5, 5.41) is 3.58. The van der Waals surface area contributed by atoms with Crippen molar-refractivity contribution in [1.82, 2.24) is 5.32 Å². The highest BCUT2D eigenvalue weighted by molar-refractivity contribution is 4.69. The van der Waals surface area contributed by atoms with E-state index in [4.69, 9.17) is 0 Å². The largest absolute Gasteiger partial charge is 0.316 e. The van der Waals surface area contributed by atoms with Crippen molar-refractivity contribution in [3.05, 3.63) is 0 Å². The van der Waals surface area contributed by atoms with Crippen molar-refractivity contribution in [3.8, 4) is 0 Å². The molecule has 0 atom stereocenters. The molecule has 1 aliphatic rings. The maximum atomic E-state index is 3.58. The highest BCUT2D eigenvalue weighted by Crippen LogP contribution is 2.23. The van der Waals surface area contributed by atoms with E-state index >= 15 is 0 Å². The summed E-state index contributed by atoms with van der Waals surface area (Å²) >= 11 is 0. The normalized spacial score (nSPS) is 18.7. The van der Waals surface area contributed by atoms with Crippen LogP contribution in [0.5, 0.6) is 0 Å². The summed E-state index contributed by atoms with van der Waals surface area (Å²) in [6, 6.07) is 0. The van der Waals surface area contributed by atoms with Gasteiger partial charge in [-0.05, 0) is 50.6 Å². The first kappa shape index (κ1) is 11.0. The fraction of sp³-hybridized carbons (Fsp3) is 1.00. The van der Waals surface area contributed by atoms with Gasteiger partial charge in [0, 0.05) is 0 Å². The summed E-state index contributed by atoms with van der Waals surface area (Å²) in [6.07, 6.45) is 8.60. The fourth-order valence-corrected chi connectivity index (χ4v) is 2.16. The van der Waals surface area contributed by atoms with Crippen LogP contribution in [0.3, 0.4) is 0 Å². The third kappa shape index (κ3) is 5.30. The predicted molar refractivity (Wildman–Crippen MR) is 58.9 cm³/mol. The number of hydrogen-bond donors (Lipinski definition) is 1. The van der Waals surface area contributed by atoms with Crippen molar-refractivity contribution in [2.24, 2.45) is 11.8 Å². The minimum absolute atomic E-state index is 0.869. The molecule has 78 valence electrons. The molecule has 0 aromatic rings. The van der Waals surface area contributed by atoms with Gasteiger partial charge >= 0.3 is 0 Å². The van der Waals surface area contributed by atoms with E-state index in [1.54, 1.807) is 0 Å². The van der Waals surface area contributed by atoms with Gasteiger partial charge in [-0.25, -0.2) is 0 Å². The highest BCUT2D eigenvalue weighted by atomic mass is 14.9. The zero-order chi connectivity index (χ0) is 9.52. The van der Waals surface area contributed by atoms with Gasteiger partial charge < -0.3 is 5.32 Å². The van der Waals surface area contributed by atoms with Gasteiger partial charge in [-0.2, -0.15) is 0 Å². The average Bonchev–Trinajstić information content (AvgIpc) is 2.55. The molecular weight excluding hydrogens is 158 g/mol. The van der Waals surface area contributed by atoms with Gasteiger partial charge in [-0.3, -0.25) is 0 Å². The Labute approximate surface area is 83.3 Å². The van der Waals surface area contributed by atoms with Crippen molar-refractivity contribution < 1.29 is 0 Å². The second-order valence-corrected chi connectivity index (χ2v) is 4.89. The van der Waals surface area contributed by atoms with Gasteiger partial charge in [0.25, 0.3) is 0 Å². The van der Waals surface area contributed by atoms with Crippen LogP contribution in [0.1, 0.15) is 52.4 Å². The molecule has 1 nitrogen and oxygen atoms in total. The Hall–Kier alpha value is -0.0400. The van der Waals surface area contributed by atoms with E-state index < -0.39 is 0 Å². The summed E-state index contributed by atoms with van der Waals surface area (Å²) in [4.78, 5) is 0. The molecule has 0 heterocycles. The molecule has 0 bridgehead atoms. The van der Waals surface area contributed by atoms with E-state index in [1.807, 2.05) is 0 Å². The molecule has 1 aliphatic carbocycles. The highest BCUT2D eigenvalue weighted by Gasteiger charge is 2.13. The standard InChI is InChI=1S/C12H25N/c1-11(2)6-5-9-13-10-12-7-3-4-8-12/h11-13H,3-10H2,1-2H3. The van der Waals surface area contributed by atoms with E-state index in [1.165, 1.54) is 51.6 Å². The second-order valence-electron chi connectivity index (χ2n) is 4.89. The fourth-order valence-electron chi connectivity index (χ4n) is 2.16. The molecule has 1 saturated carbocycles. The zero-order valence-electron chi connectivity index (χ0n) is 9.31. The molecule has 0 spiro atoms. The molecule has 0 saturated heterocycles. The van der Waals surface area contributed by atoms with Crippen molar-refractivity contribution in [2.75, 3.05) is 13.1 Å². The van der Waals surface area contributed by atoms with Gasteiger partial charge in [-0.1, -0.05) is 26.7 Å². The first-order chi connectivity index (χ1) is 6.29. The van der Waals surface area contributed by atoms with Gasteiger partial charge in [0.1, 0.15) is 0 Å². The molecule has 0 unspecified atom stereocenters. The van der Waals surface area contributed by atoms with Crippen LogP contribution in [0.25, 0.3) is 0 Å². The lowest BCUT2D eigenvalue weighted by atomic mass is 10.1. The van der Waals surface area contributed by atoms with Crippen LogP contribution >= 0.6 is 0 Å². The van der Waals surface area contributed by atoms with Gasteiger partial charge in [0.05, 0.1) is 0 Å². The lowest BCUT2D eigenvalue weighted by Gasteiger charge is -2.10. The van der Waals surface area contributed by atoms with Crippen LogP contribution in [0, 0.1) is 11.8 Å². The van der Waals surface area contributed by atoms with Crippen molar-refractivity contribution in [3.63, 3.8) is 0 Å². The summed E-state index contributed by atoms with van der Waals surface area (Å²) in [5.41, 5.74) is 0. The van der Waals surface area contributed by atoms with Crippen molar-refractivity contribution >= 4 is 0 Å². The van der Waals surface area contributed by atoms with Crippen LogP contribution in [-0.4, -0.2) is 13.1 Å². The number of hydrogen-bond acceptors (Lipinski definition) is 1. The first-order valence-electron chi connectivity index (χ1n) is 5.99. The Morgan fingerprint density at radius 3 is 2.54 bits per heavy atom. The summed E-state index contributed by atoms with van der Waals surface area (Å²) < 4.78 is 0. The molecule has 1 N–H and O–H groups in total. The maximum Gasteiger partial charge on any atom is -0.00205 e. The lowest BCUT2D eigenvalue weighted by Crippen LogP contribution is -2.22. The van der Waals surface area contributed by atoms with Crippen LogP contribution in [0.2, 0.25) is 0 Å². The average molecular weight is 183 g/mol. The van der Waals surface area contributed by atoms with Gasteiger partial charge in [0.15, 0.2) is 0 Å². The minimum Gasteiger partial charge on any atom is -0.316 e. The van der Waals surface area contributed by atoms with E-state index in [-0.39, 0.29) is 0 Å². The quantitative estimate of drug-likeness (QED) is 0.624. The molecule has 0 aromatic carbocycles. The monoisotopic (exact) mass is 183 g/mol. The van der Waals surface area contributed by atoms with Crippen LogP contribution in [-0.2, 0) is 0 Å². The Bertz CT molecular complexity index is 114. The van der Waals surface area contributed by atoms with Gasteiger partial charge in [0.2, 0.25) is 0 Å². The van der Waals surface area contributed by atoms with Crippen LogP contribution in [0.4, 0.5) is 0 Å². The Morgan fingerprint density at radius 2 is 1.92 bits per heavy atom. The summed E-state index contributed by atoms with van der Waals surface area (Å²) in [5.74, 6) is 1.87. The molecule has 0 aliphatic heterocycles. The number of nitrogens with one attached hydrogen (secondary N) is 1. The molecule has 1 rings (SSSR count). The SMILES string of the molecule is CC(C)CCCNCC1CCCC1. The molecule has 1 heteroatoms. The van der Waals surface area contributed by atoms with E-state index in [9.17, 15) is 0 Å². The zero-order valence-corrected chi connectivity index (χ0v) is 9.31. The topological polar surface area (TPSA) is 12.0 Å². The van der Waals surface area contributed by atoms with Crippen molar-refractivity contribution in [1.29, 1.82) is 0 Å². The predicted octanol–water partition coefficient (Wildman–Crippen LogP) is 3.20. The van der Waals surface area contributed by atoms with E-state index in [0.717, 1.165) is 11.8 Å². The Morgan fingerprint density at radius 1 is 1.23 bits per heavy atom. The van der Waals surface area contributed by atoms with E-state index in [0.29, 0.717) is 0 Å². The molecule has 0 aromatic heterocycles.